The maximum absolute atomic E-state index is 6.10. The van der Waals surface area contributed by atoms with Crippen LogP contribution in [0.2, 0.25) is 0 Å². The first-order chi connectivity index (χ1) is 5.21. The van der Waals surface area contributed by atoms with E-state index in [9.17, 15) is 0 Å². The lowest BCUT2D eigenvalue weighted by Gasteiger charge is -2.21. The van der Waals surface area contributed by atoms with Crippen LogP contribution in [-0.4, -0.2) is 9.46 Å². The van der Waals surface area contributed by atoms with Crippen molar-refractivity contribution in [1.82, 2.24) is 0 Å². The SMILES string of the molecule is NC1(C2=CC[C@H](I)CC2)CC1. The van der Waals surface area contributed by atoms with Crippen molar-refractivity contribution in [3.8, 4) is 0 Å². The lowest BCUT2D eigenvalue weighted by atomic mass is 9.93. The topological polar surface area (TPSA) is 26.0 Å². The molecule has 1 fully saturated rings. The van der Waals surface area contributed by atoms with Crippen LogP contribution in [0, 0.1) is 0 Å². The van der Waals surface area contributed by atoms with Gasteiger partial charge in [-0.2, -0.15) is 0 Å². The standard InChI is InChI=1S/C9H14IN/c10-8-3-1-7(2-4-8)9(11)5-6-9/h1,8H,2-6,11H2/t8-/m0/s1. The average molecular weight is 263 g/mol. The predicted octanol–water partition coefficient (Wildman–Crippen LogP) is 2.39. The molecule has 2 heteroatoms. The molecule has 2 rings (SSSR count). The number of allylic oxidation sites excluding steroid dienone is 1. The van der Waals surface area contributed by atoms with E-state index < -0.39 is 0 Å². The predicted molar refractivity (Wildman–Crippen MR) is 55.9 cm³/mol. The molecule has 0 spiro atoms. The number of nitrogens with two attached hydrogens (primary N) is 1. The fraction of sp³-hybridized carbons (Fsp3) is 0.778. The van der Waals surface area contributed by atoms with Crippen LogP contribution in [-0.2, 0) is 0 Å². The zero-order valence-corrected chi connectivity index (χ0v) is 8.80. The van der Waals surface area contributed by atoms with E-state index in [1.54, 1.807) is 5.57 Å². The zero-order valence-electron chi connectivity index (χ0n) is 6.65. The Morgan fingerprint density at radius 1 is 1.55 bits per heavy atom. The Kier molecular flexibility index (Phi) is 2.00. The second-order valence-corrected chi connectivity index (χ2v) is 5.52. The van der Waals surface area contributed by atoms with Gasteiger partial charge < -0.3 is 5.73 Å². The molecule has 62 valence electrons. The van der Waals surface area contributed by atoms with Crippen LogP contribution in [0.3, 0.4) is 0 Å². The molecule has 0 aliphatic heterocycles. The molecule has 1 saturated carbocycles. The number of rotatable bonds is 1. The van der Waals surface area contributed by atoms with Gasteiger partial charge in [0.2, 0.25) is 0 Å². The van der Waals surface area contributed by atoms with E-state index >= 15 is 0 Å². The second-order valence-electron chi connectivity index (χ2n) is 3.76. The van der Waals surface area contributed by atoms with Crippen molar-refractivity contribution in [3.63, 3.8) is 0 Å². The van der Waals surface area contributed by atoms with Crippen LogP contribution < -0.4 is 5.73 Å². The third-order valence-electron chi connectivity index (χ3n) is 2.78. The van der Waals surface area contributed by atoms with Crippen LogP contribution in [0.15, 0.2) is 11.6 Å². The molecule has 2 N–H and O–H groups in total. The van der Waals surface area contributed by atoms with Gasteiger partial charge in [-0.05, 0) is 32.1 Å². The van der Waals surface area contributed by atoms with Crippen molar-refractivity contribution in [1.29, 1.82) is 0 Å². The first-order valence-electron chi connectivity index (χ1n) is 4.33. The molecule has 0 saturated heterocycles. The Labute approximate surface area is 81.6 Å². The Bertz CT molecular complexity index is 194. The molecule has 0 aromatic rings. The van der Waals surface area contributed by atoms with Gasteiger partial charge in [0, 0.05) is 9.46 Å². The highest BCUT2D eigenvalue weighted by atomic mass is 127. The van der Waals surface area contributed by atoms with Crippen molar-refractivity contribution in [2.24, 2.45) is 5.73 Å². The molecule has 0 aromatic heterocycles. The molecule has 1 atom stereocenters. The normalized spacial score (nSPS) is 34.7. The third kappa shape index (κ3) is 1.61. The van der Waals surface area contributed by atoms with Crippen LogP contribution >= 0.6 is 22.6 Å². The largest absolute Gasteiger partial charge is 0.322 e. The maximum atomic E-state index is 6.10. The van der Waals surface area contributed by atoms with Crippen LogP contribution in [0.4, 0.5) is 0 Å². The monoisotopic (exact) mass is 263 g/mol. The number of hydrogen-bond donors (Lipinski definition) is 1. The van der Waals surface area contributed by atoms with Gasteiger partial charge in [0.1, 0.15) is 0 Å². The minimum absolute atomic E-state index is 0.163. The quantitative estimate of drug-likeness (QED) is 0.439. The van der Waals surface area contributed by atoms with Crippen molar-refractivity contribution >= 4 is 22.6 Å². The molecule has 0 radical (unpaired) electrons. The summed E-state index contributed by atoms with van der Waals surface area (Å²) < 4.78 is 0.860. The van der Waals surface area contributed by atoms with E-state index in [2.05, 4.69) is 28.7 Å². The highest BCUT2D eigenvalue weighted by Gasteiger charge is 2.41. The molecule has 0 heterocycles. The Balaban J connectivity index is 2.05. The highest BCUT2D eigenvalue weighted by Crippen LogP contribution is 2.43. The molecular weight excluding hydrogens is 249 g/mol. The first-order valence-corrected chi connectivity index (χ1v) is 5.58. The molecular formula is C9H14IN. The molecule has 0 unspecified atom stereocenters. The van der Waals surface area contributed by atoms with Gasteiger partial charge in [-0.1, -0.05) is 34.2 Å². The summed E-state index contributed by atoms with van der Waals surface area (Å²) in [6, 6.07) is 0. The molecule has 2 aliphatic carbocycles. The average Bonchev–Trinajstić information content (AvgIpc) is 2.70. The summed E-state index contributed by atoms with van der Waals surface area (Å²) in [4.78, 5) is 0. The van der Waals surface area contributed by atoms with Crippen LogP contribution in [0.25, 0.3) is 0 Å². The summed E-state index contributed by atoms with van der Waals surface area (Å²) >= 11 is 2.53. The summed E-state index contributed by atoms with van der Waals surface area (Å²) in [6.07, 6.45) is 8.67. The first kappa shape index (κ1) is 8.05. The summed E-state index contributed by atoms with van der Waals surface area (Å²) in [7, 11) is 0. The molecule has 1 nitrogen and oxygen atoms in total. The summed E-state index contributed by atoms with van der Waals surface area (Å²) in [5.41, 5.74) is 7.81. The maximum Gasteiger partial charge on any atom is 0.0370 e. The second kappa shape index (κ2) is 2.73. The summed E-state index contributed by atoms with van der Waals surface area (Å²) in [6.45, 7) is 0. The minimum atomic E-state index is 0.163. The molecule has 0 aromatic carbocycles. The van der Waals surface area contributed by atoms with E-state index in [1.165, 1.54) is 32.1 Å². The molecule has 0 amide bonds. The van der Waals surface area contributed by atoms with E-state index in [0.29, 0.717) is 0 Å². The molecule has 0 bridgehead atoms. The van der Waals surface area contributed by atoms with E-state index in [0.717, 1.165) is 3.92 Å². The van der Waals surface area contributed by atoms with Crippen LogP contribution in [0.1, 0.15) is 32.1 Å². The van der Waals surface area contributed by atoms with Gasteiger partial charge in [-0.15, -0.1) is 0 Å². The van der Waals surface area contributed by atoms with Gasteiger partial charge in [0.25, 0.3) is 0 Å². The van der Waals surface area contributed by atoms with Crippen LogP contribution in [0.5, 0.6) is 0 Å². The van der Waals surface area contributed by atoms with Crippen molar-refractivity contribution in [2.75, 3.05) is 0 Å². The zero-order chi connectivity index (χ0) is 7.90. The molecule has 2 aliphatic rings. The van der Waals surface area contributed by atoms with Gasteiger partial charge in [-0.25, -0.2) is 0 Å². The Morgan fingerprint density at radius 3 is 2.73 bits per heavy atom. The van der Waals surface area contributed by atoms with Crippen molar-refractivity contribution < 1.29 is 0 Å². The van der Waals surface area contributed by atoms with Gasteiger partial charge in [0.05, 0.1) is 0 Å². The Hall–Kier alpha value is 0.430. The van der Waals surface area contributed by atoms with Gasteiger partial charge in [0.15, 0.2) is 0 Å². The lowest BCUT2D eigenvalue weighted by molar-refractivity contribution is 0.651. The van der Waals surface area contributed by atoms with E-state index in [1.807, 2.05) is 0 Å². The number of alkyl halides is 1. The summed E-state index contributed by atoms with van der Waals surface area (Å²) in [5, 5.41) is 0. The minimum Gasteiger partial charge on any atom is -0.322 e. The number of halogens is 1. The third-order valence-corrected chi connectivity index (χ3v) is 3.91. The highest BCUT2D eigenvalue weighted by molar-refractivity contribution is 14.1. The lowest BCUT2D eigenvalue weighted by Crippen LogP contribution is -2.26. The fourth-order valence-electron chi connectivity index (χ4n) is 1.71. The Morgan fingerprint density at radius 2 is 2.27 bits per heavy atom. The number of hydrogen-bond acceptors (Lipinski definition) is 1. The fourth-order valence-corrected chi connectivity index (χ4v) is 2.28. The van der Waals surface area contributed by atoms with Crippen molar-refractivity contribution in [3.05, 3.63) is 11.6 Å². The molecule has 11 heavy (non-hydrogen) atoms. The summed E-state index contributed by atoms with van der Waals surface area (Å²) in [5.74, 6) is 0. The smallest absolute Gasteiger partial charge is 0.0370 e. The van der Waals surface area contributed by atoms with Crippen molar-refractivity contribution in [2.45, 2.75) is 41.6 Å². The van der Waals surface area contributed by atoms with E-state index in [4.69, 9.17) is 5.73 Å². The van der Waals surface area contributed by atoms with E-state index in [-0.39, 0.29) is 5.54 Å². The van der Waals surface area contributed by atoms with Gasteiger partial charge in [-0.3, -0.25) is 0 Å². The van der Waals surface area contributed by atoms with Gasteiger partial charge >= 0.3 is 0 Å².